The van der Waals surface area contributed by atoms with Crippen molar-refractivity contribution in [2.45, 2.75) is 0 Å². The molecule has 2 amide bonds. The average molecular weight is 267 g/mol. The third-order valence-electron chi connectivity index (χ3n) is 2.09. The number of primary amides is 1. The molecule has 0 atom stereocenters. The van der Waals surface area contributed by atoms with Crippen molar-refractivity contribution in [3.8, 4) is 5.75 Å². The Labute approximate surface area is 110 Å². The van der Waals surface area contributed by atoms with Gasteiger partial charge in [-0.1, -0.05) is 12.1 Å². The van der Waals surface area contributed by atoms with Gasteiger partial charge in [0, 0.05) is 6.54 Å². The summed E-state index contributed by atoms with van der Waals surface area (Å²) < 4.78 is 10.1. The van der Waals surface area contributed by atoms with Crippen LogP contribution < -0.4 is 21.5 Å². The first kappa shape index (κ1) is 14.8. The van der Waals surface area contributed by atoms with E-state index in [1.807, 2.05) is 0 Å². The number of para-hydroxylation sites is 2. The standard InChI is InChI=1S/C12H17N3O4/c13-9-3-1-2-4-10(9)19-8-12(17)15-5-6-18-7-11(14)16/h1-4H,5-8,13H2,(H2,14,16)(H,15,17). The summed E-state index contributed by atoms with van der Waals surface area (Å²) >= 11 is 0. The number of anilines is 1. The molecule has 0 aromatic heterocycles. The number of amides is 2. The van der Waals surface area contributed by atoms with E-state index in [1.165, 1.54) is 0 Å². The van der Waals surface area contributed by atoms with Gasteiger partial charge in [-0.3, -0.25) is 9.59 Å². The van der Waals surface area contributed by atoms with E-state index in [2.05, 4.69) is 5.32 Å². The van der Waals surface area contributed by atoms with Crippen LogP contribution in [0.2, 0.25) is 0 Å². The number of nitrogens with two attached hydrogens (primary N) is 2. The Morgan fingerprint density at radius 2 is 1.95 bits per heavy atom. The lowest BCUT2D eigenvalue weighted by Crippen LogP contribution is -2.32. The predicted octanol–water partition coefficient (Wildman–Crippen LogP) is -0.734. The number of nitrogen functional groups attached to an aromatic ring is 1. The molecule has 1 rings (SSSR count). The average Bonchev–Trinajstić information content (AvgIpc) is 2.37. The van der Waals surface area contributed by atoms with E-state index in [0.717, 1.165) is 0 Å². The number of benzene rings is 1. The van der Waals surface area contributed by atoms with Crippen molar-refractivity contribution in [1.82, 2.24) is 5.32 Å². The van der Waals surface area contributed by atoms with Gasteiger partial charge in [-0.2, -0.15) is 0 Å². The number of hydrogen-bond acceptors (Lipinski definition) is 5. The molecule has 0 aliphatic heterocycles. The smallest absolute Gasteiger partial charge is 0.258 e. The SMILES string of the molecule is NC(=O)COCCNC(=O)COc1ccccc1N. The van der Waals surface area contributed by atoms with Crippen molar-refractivity contribution in [3.05, 3.63) is 24.3 Å². The van der Waals surface area contributed by atoms with Gasteiger partial charge in [0.05, 0.1) is 12.3 Å². The lowest BCUT2D eigenvalue weighted by molar-refractivity contribution is -0.123. The van der Waals surface area contributed by atoms with Gasteiger partial charge in [0.2, 0.25) is 5.91 Å². The molecule has 7 nitrogen and oxygen atoms in total. The van der Waals surface area contributed by atoms with E-state index in [9.17, 15) is 9.59 Å². The highest BCUT2D eigenvalue weighted by Crippen LogP contribution is 2.19. The fourth-order valence-corrected chi connectivity index (χ4v) is 1.24. The van der Waals surface area contributed by atoms with E-state index < -0.39 is 5.91 Å². The highest BCUT2D eigenvalue weighted by molar-refractivity contribution is 5.77. The molecule has 0 aliphatic rings. The molecular formula is C12H17N3O4. The second-order valence-electron chi connectivity index (χ2n) is 3.70. The lowest BCUT2D eigenvalue weighted by atomic mass is 10.3. The molecule has 7 heteroatoms. The van der Waals surface area contributed by atoms with Gasteiger partial charge in [0.25, 0.3) is 5.91 Å². The topological polar surface area (TPSA) is 117 Å². The number of carbonyl (C=O) groups excluding carboxylic acids is 2. The fourth-order valence-electron chi connectivity index (χ4n) is 1.24. The van der Waals surface area contributed by atoms with Crippen LogP contribution >= 0.6 is 0 Å². The highest BCUT2D eigenvalue weighted by atomic mass is 16.5. The van der Waals surface area contributed by atoms with Crippen molar-refractivity contribution in [1.29, 1.82) is 0 Å². The Bertz CT molecular complexity index is 437. The minimum Gasteiger partial charge on any atom is -0.482 e. The summed E-state index contributed by atoms with van der Waals surface area (Å²) in [4.78, 5) is 21.8. The van der Waals surface area contributed by atoms with Crippen LogP contribution in [-0.2, 0) is 14.3 Å². The zero-order chi connectivity index (χ0) is 14.1. The molecule has 0 unspecified atom stereocenters. The second kappa shape index (κ2) is 7.93. The number of carbonyl (C=O) groups is 2. The van der Waals surface area contributed by atoms with Crippen LogP contribution in [0.1, 0.15) is 0 Å². The number of ether oxygens (including phenoxy) is 2. The molecule has 0 fully saturated rings. The number of rotatable bonds is 8. The zero-order valence-corrected chi connectivity index (χ0v) is 10.4. The van der Waals surface area contributed by atoms with Crippen LogP contribution in [0.3, 0.4) is 0 Å². The normalized spacial score (nSPS) is 9.89. The van der Waals surface area contributed by atoms with E-state index in [1.54, 1.807) is 24.3 Å². The fraction of sp³-hybridized carbons (Fsp3) is 0.333. The van der Waals surface area contributed by atoms with Crippen LogP contribution in [0.4, 0.5) is 5.69 Å². The van der Waals surface area contributed by atoms with Crippen molar-refractivity contribution in [3.63, 3.8) is 0 Å². The Kier molecular flexibility index (Phi) is 6.17. The molecule has 0 saturated heterocycles. The quantitative estimate of drug-likeness (QED) is 0.424. The molecule has 0 aliphatic carbocycles. The van der Waals surface area contributed by atoms with Gasteiger partial charge in [-0.05, 0) is 12.1 Å². The van der Waals surface area contributed by atoms with Gasteiger partial charge in [0.1, 0.15) is 12.4 Å². The van der Waals surface area contributed by atoms with Crippen LogP contribution in [0.25, 0.3) is 0 Å². The Morgan fingerprint density at radius 3 is 2.63 bits per heavy atom. The maximum absolute atomic E-state index is 11.4. The molecule has 0 radical (unpaired) electrons. The van der Waals surface area contributed by atoms with Gasteiger partial charge in [-0.25, -0.2) is 0 Å². The summed E-state index contributed by atoms with van der Waals surface area (Å²) in [7, 11) is 0. The van der Waals surface area contributed by atoms with E-state index >= 15 is 0 Å². The summed E-state index contributed by atoms with van der Waals surface area (Å²) in [5.74, 6) is -0.386. The summed E-state index contributed by atoms with van der Waals surface area (Å²) in [5.41, 5.74) is 11.0. The first-order valence-electron chi connectivity index (χ1n) is 5.69. The molecule has 104 valence electrons. The number of nitrogens with one attached hydrogen (secondary N) is 1. The Balaban J connectivity index is 2.15. The van der Waals surface area contributed by atoms with Crippen molar-refractivity contribution < 1.29 is 19.1 Å². The molecule has 1 aromatic carbocycles. The summed E-state index contributed by atoms with van der Waals surface area (Å²) in [5, 5.41) is 2.56. The first-order chi connectivity index (χ1) is 9.09. The van der Waals surface area contributed by atoms with Gasteiger partial charge >= 0.3 is 0 Å². The lowest BCUT2D eigenvalue weighted by Gasteiger charge is -2.09. The van der Waals surface area contributed by atoms with Crippen LogP contribution in [-0.4, -0.2) is 38.2 Å². The van der Waals surface area contributed by atoms with Gasteiger partial charge in [0.15, 0.2) is 6.61 Å². The summed E-state index contributed by atoms with van der Waals surface area (Å²) in [6, 6.07) is 6.91. The highest BCUT2D eigenvalue weighted by Gasteiger charge is 2.04. The Morgan fingerprint density at radius 1 is 1.21 bits per heavy atom. The maximum Gasteiger partial charge on any atom is 0.258 e. The predicted molar refractivity (Wildman–Crippen MR) is 69.4 cm³/mol. The maximum atomic E-state index is 11.4. The van der Waals surface area contributed by atoms with Crippen molar-refractivity contribution in [2.75, 3.05) is 32.1 Å². The summed E-state index contributed by atoms with van der Waals surface area (Å²) in [6.07, 6.45) is 0. The molecule has 0 spiro atoms. The zero-order valence-electron chi connectivity index (χ0n) is 10.4. The molecular weight excluding hydrogens is 250 g/mol. The van der Waals surface area contributed by atoms with E-state index in [4.69, 9.17) is 20.9 Å². The third-order valence-corrected chi connectivity index (χ3v) is 2.09. The monoisotopic (exact) mass is 267 g/mol. The van der Waals surface area contributed by atoms with Crippen molar-refractivity contribution in [2.24, 2.45) is 5.73 Å². The molecule has 0 heterocycles. The van der Waals surface area contributed by atoms with Gasteiger partial charge in [-0.15, -0.1) is 0 Å². The molecule has 0 bridgehead atoms. The summed E-state index contributed by atoms with van der Waals surface area (Å²) in [6.45, 7) is 0.193. The molecule has 19 heavy (non-hydrogen) atoms. The molecule has 1 aromatic rings. The largest absolute Gasteiger partial charge is 0.482 e. The van der Waals surface area contributed by atoms with Gasteiger partial charge < -0.3 is 26.3 Å². The molecule has 0 saturated carbocycles. The van der Waals surface area contributed by atoms with E-state index in [-0.39, 0.29) is 32.3 Å². The second-order valence-corrected chi connectivity index (χ2v) is 3.70. The third kappa shape index (κ3) is 6.27. The molecule has 5 N–H and O–H groups in total. The minimum absolute atomic E-state index is 0.135. The number of hydrogen-bond donors (Lipinski definition) is 3. The van der Waals surface area contributed by atoms with Crippen LogP contribution in [0, 0.1) is 0 Å². The first-order valence-corrected chi connectivity index (χ1v) is 5.69. The van der Waals surface area contributed by atoms with Crippen LogP contribution in [0.5, 0.6) is 5.75 Å². The minimum atomic E-state index is -0.547. The van der Waals surface area contributed by atoms with Crippen molar-refractivity contribution >= 4 is 17.5 Å². The van der Waals surface area contributed by atoms with Crippen LogP contribution in [0.15, 0.2) is 24.3 Å². The van der Waals surface area contributed by atoms with E-state index in [0.29, 0.717) is 11.4 Å². The Hall–Kier alpha value is -2.28.